The van der Waals surface area contributed by atoms with Crippen LogP contribution in [0.3, 0.4) is 0 Å². The topological polar surface area (TPSA) is 140 Å². The monoisotopic (exact) mass is 554 g/mol. The average Bonchev–Trinajstić information content (AvgIpc) is 2.92. The van der Waals surface area contributed by atoms with Crippen molar-refractivity contribution in [1.29, 1.82) is 0 Å². The number of nitrogens with zero attached hydrogens (tertiary/aromatic N) is 4. The third-order valence-corrected chi connectivity index (χ3v) is 8.18. The molecule has 1 saturated carbocycles. The highest BCUT2D eigenvalue weighted by Crippen LogP contribution is 2.25. The maximum Gasteiger partial charge on any atom is 0.328 e. The number of nitrogens with two attached hydrogens (primary N) is 2. The molecule has 0 spiro atoms. The maximum absolute atomic E-state index is 13.0. The van der Waals surface area contributed by atoms with Crippen molar-refractivity contribution in [2.24, 2.45) is 11.5 Å². The molecule has 1 aliphatic carbocycles. The van der Waals surface area contributed by atoms with Crippen LogP contribution in [0.2, 0.25) is 0 Å². The number of carbonyl (C=O) groups excluding carboxylic acids is 3. The van der Waals surface area contributed by atoms with E-state index in [-0.39, 0.29) is 18.0 Å². The van der Waals surface area contributed by atoms with Crippen LogP contribution in [0, 0.1) is 0 Å². The zero-order valence-electron chi connectivity index (χ0n) is 24.4. The Labute approximate surface area is 237 Å². The number of hydrogen-bond acceptors (Lipinski definition) is 6. The van der Waals surface area contributed by atoms with Crippen molar-refractivity contribution in [3.8, 4) is 0 Å². The van der Waals surface area contributed by atoms with Crippen molar-refractivity contribution in [2.75, 3.05) is 37.6 Å². The van der Waals surface area contributed by atoms with E-state index in [1.807, 2.05) is 12.1 Å². The standard InChI is InChI=1S/C29H46N8O3/c1-5-34(23-12-8-22(30)9-13-23)20-21-6-10-24(11-7-21)37-15-14-29(4,33-27(37)40)32-26(39)36-18-16-35(17-19-36)25(38)28(2,3)31/h6-7,10-11,14-15,22-23H,5,8-9,12-13,16-20,30-31H2,1-4H3,(H,32,39)(H,33,40). The molecule has 4 rings (SSSR count). The van der Waals surface area contributed by atoms with Crippen molar-refractivity contribution in [3.05, 3.63) is 42.1 Å². The lowest BCUT2D eigenvalue weighted by molar-refractivity contribution is -0.137. The fourth-order valence-corrected chi connectivity index (χ4v) is 5.68. The van der Waals surface area contributed by atoms with E-state index < -0.39 is 11.2 Å². The van der Waals surface area contributed by atoms with Crippen molar-refractivity contribution in [3.63, 3.8) is 0 Å². The molecule has 2 heterocycles. The largest absolute Gasteiger partial charge is 0.338 e. The van der Waals surface area contributed by atoms with E-state index in [0.717, 1.165) is 44.5 Å². The maximum atomic E-state index is 13.0. The van der Waals surface area contributed by atoms with Gasteiger partial charge in [0.2, 0.25) is 5.91 Å². The molecule has 2 fully saturated rings. The first-order chi connectivity index (χ1) is 18.9. The first-order valence-corrected chi connectivity index (χ1v) is 14.4. The molecule has 6 N–H and O–H groups in total. The van der Waals surface area contributed by atoms with Gasteiger partial charge in [-0.3, -0.25) is 14.6 Å². The molecule has 1 atom stereocenters. The van der Waals surface area contributed by atoms with Gasteiger partial charge in [-0.15, -0.1) is 0 Å². The molecule has 5 amide bonds. The molecule has 11 nitrogen and oxygen atoms in total. The highest BCUT2D eigenvalue weighted by Gasteiger charge is 2.36. The molecule has 3 aliphatic rings. The highest BCUT2D eigenvalue weighted by molar-refractivity contribution is 5.96. The van der Waals surface area contributed by atoms with Crippen LogP contribution in [-0.4, -0.2) is 88.7 Å². The van der Waals surface area contributed by atoms with E-state index >= 15 is 0 Å². The summed E-state index contributed by atoms with van der Waals surface area (Å²) in [6.45, 7) is 10.8. The summed E-state index contributed by atoms with van der Waals surface area (Å²) in [4.78, 5) is 45.8. The van der Waals surface area contributed by atoms with E-state index in [4.69, 9.17) is 11.5 Å². The molecule has 0 bridgehead atoms. The summed E-state index contributed by atoms with van der Waals surface area (Å²) < 4.78 is 0. The van der Waals surface area contributed by atoms with Crippen LogP contribution in [0.5, 0.6) is 0 Å². The Morgan fingerprint density at radius 1 is 1.07 bits per heavy atom. The van der Waals surface area contributed by atoms with Gasteiger partial charge in [-0.05, 0) is 76.8 Å². The zero-order chi connectivity index (χ0) is 29.1. The predicted octanol–water partition coefficient (Wildman–Crippen LogP) is 2.13. The van der Waals surface area contributed by atoms with Gasteiger partial charge in [-0.2, -0.15) is 0 Å². The zero-order valence-corrected chi connectivity index (χ0v) is 24.4. The first-order valence-electron chi connectivity index (χ1n) is 14.4. The minimum absolute atomic E-state index is 0.132. The molecule has 1 saturated heterocycles. The number of carbonyl (C=O) groups is 3. The SMILES string of the molecule is CCN(Cc1ccc(N2C=CC(C)(NC(=O)N3CCN(C(=O)C(C)(C)N)CC3)NC2=O)cc1)C1CCC(N)CC1. The van der Waals surface area contributed by atoms with Crippen LogP contribution in [0.15, 0.2) is 36.5 Å². The quantitative estimate of drug-likeness (QED) is 0.407. The van der Waals surface area contributed by atoms with Crippen LogP contribution in [0.1, 0.15) is 58.9 Å². The number of anilines is 1. The predicted molar refractivity (Wildman–Crippen MR) is 156 cm³/mol. The lowest BCUT2D eigenvalue weighted by Gasteiger charge is -2.40. The third kappa shape index (κ3) is 7.13. The Morgan fingerprint density at radius 3 is 2.23 bits per heavy atom. The Bertz CT molecular complexity index is 1090. The number of nitrogens with one attached hydrogen (secondary N) is 2. The second kappa shape index (κ2) is 12.2. The van der Waals surface area contributed by atoms with Crippen LogP contribution in [-0.2, 0) is 11.3 Å². The van der Waals surface area contributed by atoms with E-state index in [0.29, 0.717) is 38.3 Å². The van der Waals surface area contributed by atoms with Gasteiger partial charge in [0.05, 0.1) is 11.2 Å². The molecule has 1 unspecified atom stereocenters. The number of urea groups is 2. The molecule has 40 heavy (non-hydrogen) atoms. The summed E-state index contributed by atoms with van der Waals surface area (Å²) in [5.41, 5.74) is 12.0. The van der Waals surface area contributed by atoms with Gasteiger partial charge in [-0.1, -0.05) is 19.1 Å². The van der Waals surface area contributed by atoms with Crippen molar-refractivity contribution in [2.45, 2.75) is 83.2 Å². The Balaban J connectivity index is 1.31. The number of amides is 5. The van der Waals surface area contributed by atoms with Gasteiger partial charge in [0.1, 0.15) is 5.66 Å². The first kappa shape index (κ1) is 29.8. The number of benzene rings is 1. The summed E-state index contributed by atoms with van der Waals surface area (Å²) in [5.74, 6) is -0.132. The highest BCUT2D eigenvalue weighted by atomic mass is 16.2. The van der Waals surface area contributed by atoms with Crippen LogP contribution in [0.25, 0.3) is 0 Å². The molecular formula is C29H46N8O3. The van der Waals surface area contributed by atoms with E-state index in [1.54, 1.807) is 42.8 Å². The number of hydrogen-bond donors (Lipinski definition) is 4. The summed E-state index contributed by atoms with van der Waals surface area (Å²) in [5, 5.41) is 5.82. The summed E-state index contributed by atoms with van der Waals surface area (Å²) in [7, 11) is 0. The smallest absolute Gasteiger partial charge is 0.328 e. The normalized spacial score (nSPS) is 25.7. The molecule has 0 aromatic heterocycles. The van der Waals surface area contributed by atoms with Crippen molar-refractivity contribution in [1.82, 2.24) is 25.3 Å². The minimum atomic E-state index is -1.04. The van der Waals surface area contributed by atoms with Gasteiger partial charge >= 0.3 is 12.1 Å². The fraction of sp³-hybridized carbons (Fsp3) is 0.621. The van der Waals surface area contributed by atoms with E-state index in [2.05, 4.69) is 34.6 Å². The number of rotatable bonds is 7. The molecule has 2 aliphatic heterocycles. The van der Waals surface area contributed by atoms with Gasteiger partial charge in [0, 0.05) is 51.0 Å². The third-order valence-electron chi connectivity index (χ3n) is 8.18. The lowest BCUT2D eigenvalue weighted by atomic mass is 9.90. The Hall–Kier alpha value is -3.15. The lowest BCUT2D eigenvalue weighted by Crippen LogP contribution is -2.65. The van der Waals surface area contributed by atoms with Crippen LogP contribution >= 0.6 is 0 Å². The summed E-state index contributed by atoms with van der Waals surface area (Å²) in [6.07, 6.45) is 7.91. The molecule has 11 heteroatoms. The summed E-state index contributed by atoms with van der Waals surface area (Å²) in [6, 6.07) is 8.32. The fourth-order valence-electron chi connectivity index (χ4n) is 5.68. The Morgan fingerprint density at radius 2 is 1.68 bits per heavy atom. The van der Waals surface area contributed by atoms with Gasteiger partial charge in [-0.25, -0.2) is 9.59 Å². The van der Waals surface area contributed by atoms with Crippen molar-refractivity contribution >= 4 is 23.7 Å². The van der Waals surface area contributed by atoms with Crippen LogP contribution in [0.4, 0.5) is 15.3 Å². The molecular weight excluding hydrogens is 508 g/mol. The molecule has 220 valence electrons. The second-order valence-electron chi connectivity index (χ2n) is 12.0. The average molecular weight is 555 g/mol. The minimum Gasteiger partial charge on any atom is -0.338 e. The van der Waals surface area contributed by atoms with Gasteiger partial charge in [0.25, 0.3) is 0 Å². The van der Waals surface area contributed by atoms with E-state index in [9.17, 15) is 14.4 Å². The molecule has 1 aromatic rings. The molecule has 0 radical (unpaired) electrons. The van der Waals surface area contributed by atoms with Crippen LogP contribution < -0.4 is 27.0 Å². The van der Waals surface area contributed by atoms with Crippen molar-refractivity contribution < 1.29 is 14.4 Å². The van der Waals surface area contributed by atoms with E-state index in [1.165, 1.54) is 10.5 Å². The number of piperazine rings is 1. The second-order valence-corrected chi connectivity index (χ2v) is 12.0. The Kier molecular flexibility index (Phi) is 9.06. The van der Waals surface area contributed by atoms with Gasteiger partial charge in [0.15, 0.2) is 0 Å². The summed E-state index contributed by atoms with van der Waals surface area (Å²) >= 11 is 0. The molecule has 1 aromatic carbocycles. The van der Waals surface area contributed by atoms with Gasteiger partial charge < -0.3 is 31.9 Å².